The number of pyridine rings is 1. The normalized spacial score (nSPS) is 21.1. The highest BCUT2D eigenvalue weighted by atomic mass is 35.5. The van der Waals surface area contributed by atoms with Crippen LogP contribution in [0.15, 0.2) is 97.5 Å². The van der Waals surface area contributed by atoms with Gasteiger partial charge in [0.25, 0.3) is 0 Å². The van der Waals surface area contributed by atoms with Gasteiger partial charge in [-0.2, -0.15) is 0 Å². The van der Waals surface area contributed by atoms with Crippen LogP contribution in [0, 0.1) is 5.92 Å². The number of hydrogen-bond donors (Lipinski definition) is 3. The lowest BCUT2D eigenvalue weighted by Gasteiger charge is -2.45. The van der Waals surface area contributed by atoms with Crippen molar-refractivity contribution in [1.82, 2.24) is 39.9 Å². The second kappa shape index (κ2) is 20.4. The molecule has 14 nitrogen and oxygen atoms in total. The molecule has 4 heterocycles. The predicted molar refractivity (Wildman–Crippen MR) is 244 cm³/mol. The number of hydrogen-bond acceptors (Lipinski definition) is 9. The van der Waals surface area contributed by atoms with Crippen LogP contribution in [0.5, 0.6) is 11.5 Å². The molecule has 2 aliphatic rings. The molecule has 4 unspecified atom stereocenters. The van der Waals surface area contributed by atoms with Gasteiger partial charge in [0.1, 0.15) is 29.4 Å². The number of nitrogens with zero attached hydrogens (tertiary/aromatic N) is 6. The SMILES string of the molecule is CC1C(=O)NC(CO)C(=O)NC2(Cc3ccc(Cl)cc3)CCCN(C2)C(=O)C(Cc2cccnc2)CC(=O)N1Cc1ccc(Cl)cc1Oc1ccc(-c2cnc(CN(C)C)n2C)cc1. The van der Waals surface area contributed by atoms with Crippen molar-refractivity contribution in [2.24, 2.45) is 13.0 Å². The number of aliphatic hydroxyl groups excluding tert-OH is 1. The lowest BCUT2D eigenvalue weighted by Crippen LogP contribution is -2.65. The van der Waals surface area contributed by atoms with E-state index in [1.165, 1.54) is 4.90 Å². The first kappa shape index (κ1) is 46.2. The lowest BCUT2D eigenvalue weighted by molar-refractivity contribution is -0.147. The molecule has 3 N–H and O–H groups in total. The van der Waals surface area contributed by atoms with Gasteiger partial charge in [-0.25, -0.2) is 4.98 Å². The van der Waals surface area contributed by atoms with E-state index in [1.807, 2.05) is 74.4 Å². The molecule has 2 fully saturated rings. The molecule has 2 aliphatic heterocycles. The van der Waals surface area contributed by atoms with E-state index in [9.17, 15) is 24.3 Å². The Balaban J connectivity index is 1.20. The summed E-state index contributed by atoms with van der Waals surface area (Å²) in [5.74, 6) is -1.03. The summed E-state index contributed by atoms with van der Waals surface area (Å²) < 4.78 is 8.48. The molecule has 5 aromatic rings. The maximum Gasteiger partial charge on any atom is 0.245 e. The van der Waals surface area contributed by atoms with Crippen molar-refractivity contribution in [2.45, 2.75) is 69.7 Å². The minimum atomic E-state index is -1.34. The molecule has 0 radical (unpaired) electrons. The summed E-state index contributed by atoms with van der Waals surface area (Å²) in [7, 11) is 5.96. The van der Waals surface area contributed by atoms with Crippen molar-refractivity contribution in [3.63, 3.8) is 0 Å². The maximum atomic E-state index is 14.9. The van der Waals surface area contributed by atoms with Gasteiger partial charge in [0.15, 0.2) is 0 Å². The Hall–Kier alpha value is -5.80. The standard InChI is InChI=1S/C48H54Cl2N8O6/c1-31-45(61)53-40(29-59)46(62)54-48(24-32-8-13-37(49)14-9-32)18-6-20-57(30-48)47(63)36(21-33-7-5-19-51-25-33)22-44(60)58(31)27-35-10-15-38(50)23-42(35)64-39-16-11-34(12-17-39)41-26-52-43(56(41)4)28-55(2)3/h5,7-17,19,23,25-26,31,36,40,59H,6,18,20-22,24,27-30H2,1-4H3,(H,53,61)(H,54,62). The quantitative estimate of drug-likeness (QED) is 0.140. The summed E-state index contributed by atoms with van der Waals surface area (Å²) in [6.07, 6.45) is 6.61. The summed E-state index contributed by atoms with van der Waals surface area (Å²) in [5.41, 5.74) is 3.14. The molecular weight excluding hydrogens is 855 g/mol. The van der Waals surface area contributed by atoms with Crippen LogP contribution in [-0.4, -0.2) is 109 Å². The summed E-state index contributed by atoms with van der Waals surface area (Å²) in [6.45, 7) is 2.01. The fourth-order valence-electron chi connectivity index (χ4n) is 8.56. The van der Waals surface area contributed by atoms with Gasteiger partial charge < -0.3 is 39.7 Å². The fraction of sp³-hybridized carbons (Fsp3) is 0.375. The van der Waals surface area contributed by atoms with Crippen LogP contribution in [0.2, 0.25) is 10.0 Å². The first-order valence-electron chi connectivity index (χ1n) is 21.4. The first-order valence-corrected chi connectivity index (χ1v) is 22.1. The molecule has 7 rings (SSSR count). The molecule has 4 atom stereocenters. The second-order valence-corrected chi connectivity index (χ2v) is 18.0. The third-order valence-electron chi connectivity index (χ3n) is 12.0. The summed E-state index contributed by atoms with van der Waals surface area (Å²) in [4.78, 5) is 72.0. The molecule has 64 heavy (non-hydrogen) atoms. The van der Waals surface area contributed by atoms with E-state index in [-0.39, 0.29) is 31.8 Å². The summed E-state index contributed by atoms with van der Waals surface area (Å²) in [5, 5.41) is 17.3. The zero-order chi connectivity index (χ0) is 45.5. The second-order valence-electron chi connectivity index (χ2n) is 17.1. The smallest absolute Gasteiger partial charge is 0.245 e. The largest absolute Gasteiger partial charge is 0.457 e. The van der Waals surface area contributed by atoms with Crippen molar-refractivity contribution >= 4 is 46.8 Å². The van der Waals surface area contributed by atoms with E-state index in [0.717, 1.165) is 28.2 Å². The number of imidazole rings is 1. The average molecular weight is 910 g/mol. The van der Waals surface area contributed by atoms with Crippen molar-refractivity contribution in [1.29, 1.82) is 0 Å². The van der Waals surface area contributed by atoms with E-state index in [0.29, 0.717) is 59.5 Å². The number of aliphatic hydroxyl groups is 1. The minimum absolute atomic E-state index is 0.112. The van der Waals surface area contributed by atoms with E-state index in [4.69, 9.17) is 27.9 Å². The molecule has 2 bridgehead atoms. The third kappa shape index (κ3) is 11.1. The number of rotatable bonds is 12. The van der Waals surface area contributed by atoms with Crippen LogP contribution in [0.25, 0.3) is 11.3 Å². The van der Waals surface area contributed by atoms with Gasteiger partial charge in [0.2, 0.25) is 23.6 Å². The third-order valence-corrected chi connectivity index (χ3v) is 12.5. The van der Waals surface area contributed by atoms with Crippen LogP contribution in [0.4, 0.5) is 0 Å². The van der Waals surface area contributed by atoms with Gasteiger partial charge in [-0.3, -0.25) is 24.2 Å². The number of amides is 4. The highest BCUT2D eigenvalue weighted by Gasteiger charge is 2.43. The predicted octanol–water partition coefficient (Wildman–Crippen LogP) is 5.82. The highest BCUT2D eigenvalue weighted by molar-refractivity contribution is 6.31. The van der Waals surface area contributed by atoms with Crippen LogP contribution in [0.1, 0.15) is 48.7 Å². The summed E-state index contributed by atoms with van der Waals surface area (Å²) in [6, 6.07) is 21.0. The molecule has 0 saturated carbocycles. The van der Waals surface area contributed by atoms with Gasteiger partial charge in [0, 0.05) is 60.1 Å². The van der Waals surface area contributed by atoms with Gasteiger partial charge >= 0.3 is 0 Å². The molecular formula is C48H54Cl2N8O6. The molecule has 0 aliphatic carbocycles. The number of carbonyl (C=O) groups excluding carboxylic acids is 4. The minimum Gasteiger partial charge on any atom is -0.457 e. The Labute approximate surface area is 383 Å². The maximum absolute atomic E-state index is 14.9. The van der Waals surface area contributed by atoms with Crippen LogP contribution >= 0.6 is 23.2 Å². The summed E-state index contributed by atoms with van der Waals surface area (Å²) >= 11 is 12.7. The Morgan fingerprint density at radius 1 is 0.938 bits per heavy atom. The molecule has 3 aromatic carbocycles. The first-order chi connectivity index (χ1) is 30.7. The number of carbonyl (C=O) groups is 4. The monoisotopic (exact) mass is 908 g/mol. The van der Waals surface area contributed by atoms with Crippen molar-refractivity contribution in [3.8, 4) is 22.8 Å². The zero-order valence-electron chi connectivity index (χ0n) is 36.5. The Kier molecular flexibility index (Phi) is 14.7. The number of aromatic nitrogens is 3. The zero-order valence-corrected chi connectivity index (χ0v) is 38.0. The molecule has 336 valence electrons. The van der Waals surface area contributed by atoms with Gasteiger partial charge in [0.05, 0.1) is 43.0 Å². The van der Waals surface area contributed by atoms with Crippen molar-refractivity contribution in [2.75, 3.05) is 33.8 Å². The number of piperidine rings is 1. The topological polar surface area (TPSA) is 162 Å². The van der Waals surface area contributed by atoms with E-state index in [1.54, 1.807) is 60.6 Å². The van der Waals surface area contributed by atoms with Gasteiger partial charge in [-0.15, -0.1) is 0 Å². The fourth-order valence-corrected chi connectivity index (χ4v) is 8.85. The molecule has 2 aromatic heterocycles. The van der Waals surface area contributed by atoms with Crippen LogP contribution in [0.3, 0.4) is 0 Å². The van der Waals surface area contributed by atoms with E-state index >= 15 is 0 Å². The number of halogens is 2. The number of benzene rings is 3. The highest BCUT2D eigenvalue weighted by Crippen LogP contribution is 2.33. The molecule has 16 heteroatoms. The van der Waals surface area contributed by atoms with E-state index < -0.39 is 47.9 Å². The van der Waals surface area contributed by atoms with Crippen molar-refractivity contribution in [3.05, 3.63) is 130 Å². The number of nitrogens with one attached hydrogen (secondary N) is 2. The Bertz CT molecular complexity index is 2450. The lowest BCUT2D eigenvalue weighted by atomic mass is 9.81. The van der Waals surface area contributed by atoms with Gasteiger partial charge in [-0.1, -0.05) is 47.5 Å². The molecule has 4 amide bonds. The molecule has 0 spiro atoms. The molecule has 2 saturated heterocycles. The van der Waals surface area contributed by atoms with E-state index in [2.05, 4.69) is 25.5 Å². The number of ether oxygens (including phenoxy) is 1. The van der Waals surface area contributed by atoms with Crippen molar-refractivity contribution < 1.29 is 29.0 Å². The van der Waals surface area contributed by atoms with Crippen LogP contribution in [-0.2, 0) is 52.2 Å². The number of fused-ring (bicyclic) bond motifs is 2. The Morgan fingerprint density at radius 2 is 1.69 bits per heavy atom. The van der Waals surface area contributed by atoms with Gasteiger partial charge in [-0.05, 0) is 112 Å². The average Bonchev–Trinajstić information content (AvgIpc) is 3.63. The van der Waals surface area contributed by atoms with Crippen LogP contribution < -0.4 is 15.4 Å². The Morgan fingerprint density at radius 3 is 2.39 bits per heavy atom.